The summed E-state index contributed by atoms with van der Waals surface area (Å²) in [5, 5.41) is 2.60. The third-order valence-electron chi connectivity index (χ3n) is 2.01. The van der Waals surface area contributed by atoms with Gasteiger partial charge < -0.3 is 4.42 Å². The van der Waals surface area contributed by atoms with Crippen molar-refractivity contribution in [3.8, 4) is 0 Å². The molecule has 1 amide bonds. The van der Waals surface area contributed by atoms with Crippen molar-refractivity contribution in [1.82, 2.24) is 4.98 Å². The van der Waals surface area contributed by atoms with Crippen LogP contribution in [0.15, 0.2) is 33.4 Å². The van der Waals surface area contributed by atoms with Gasteiger partial charge in [-0.1, -0.05) is 0 Å². The van der Waals surface area contributed by atoms with Gasteiger partial charge in [-0.2, -0.15) is 4.98 Å². The zero-order valence-electron chi connectivity index (χ0n) is 8.83. The standard InChI is InChI=1S/C11H8BrIN2O2/c1-6-5-17-11(14-6)15-10(16)8-4-7(13)2-3-9(8)12/h2-5H,1H3,(H,14,15,16). The molecule has 1 heterocycles. The molecular weight excluding hydrogens is 399 g/mol. The Morgan fingerprint density at radius 1 is 1.53 bits per heavy atom. The summed E-state index contributed by atoms with van der Waals surface area (Å²) in [6, 6.07) is 5.74. The number of aromatic nitrogens is 1. The SMILES string of the molecule is Cc1coc(NC(=O)c2cc(I)ccc2Br)n1. The average Bonchev–Trinajstić information content (AvgIpc) is 2.67. The molecule has 0 radical (unpaired) electrons. The molecule has 88 valence electrons. The number of carbonyl (C=O) groups excluding carboxylic acids is 1. The molecule has 6 heteroatoms. The molecule has 0 atom stereocenters. The molecule has 0 fully saturated rings. The maximum atomic E-state index is 12.0. The minimum Gasteiger partial charge on any atom is -0.432 e. The van der Waals surface area contributed by atoms with Crippen LogP contribution < -0.4 is 5.32 Å². The maximum Gasteiger partial charge on any atom is 0.301 e. The normalized spacial score (nSPS) is 10.3. The number of hydrogen-bond donors (Lipinski definition) is 1. The first-order chi connectivity index (χ1) is 8.06. The van der Waals surface area contributed by atoms with Crippen molar-refractivity contribution < 1.29 is 9.21 Å². The third-order valence-corrected chi connectivity index (χ3v) is 3.37. The van der Waals surface area contributed by atoms with E-state index >= 15 is 0 Å². The second-order valence-electron chi connectivity index (χ2n) is 3.37. The first-order valence-electron chi connectivity index (χ1n) is 4.75. The molecule has 0 spiro atoms. The summed E-state index contributed by atoms with van der Waals surface area (Å²) in [7, 11) is 0. The molecule has 0 aliphatic heterocycles. The minimum absolute atomic E-state index is 0.207. The number of carbonyl (C=O) groups is 1. The first kappa shape index (κ1) is 12.6. The second-order valence-corrected chi connectivity index (χ2v) is 5.47. The van der Waals surface area contributed by atoms with Gasteiger partial charge in [0.1, 0.15) is 6.26 Å². The van der Waals surface area contributed by atoms with Crippen LogP contribution in [-0.4, -0.2) is 10.9 Å². The highest BCUT2D eigenvalue weighted by atomic mass is 127. The van der Waals surface area contributed by atoms with Crippen LogP contribution in [0.4, 0.5) is 6.01 Å². The van der Waals surface area contributed by atoms with E-state index in [4.69, 9.17) is 4.42 Å². The number of benzene rings is 1. The summed E-state index contributed by atoms with van der Waals surface area (Å²) in [6.45, 7) is 1.79. The number of nitrogens with one attached hydrogen (secondary N) is 1. The molecule has 0 unspecified atom stereocenters. The zero-order chi connectivity index (χ0) is 12.4. The fourth-order valence-corrected chi connectivity index (χ4v) is 2.17. The smallest absolute Gasteiger partial charge is 0.301 e. The number of amides is 1. The van der Waals surface area contributed by atoms with E-state index in [-0.39, 0.29) is 11.9 Å². The van der Waals surface area contributed by atoms with Gasteiger partial charge >= 0.3 is 6.01 Å². The Balaban J connectivity index is 2.22. The van der Waals surface area contributed by atoms with E-state index in [9.17, 15) is 4.79 Å². The summed E-state index contributed by atoms with van der Waals surface area (Å²) >= 11 is 5.49. The number of hydrogen-bond acceptors (Lipinski definition) is 3. The van der Waals surface area contributed by atoms with E-state index in [1.807, 2.05) is 12.1 Å². The summed E-state index contributed by atoms with van der Waals surface area (Å²) in [5.41, 5.74) is 1.27. The van der Waals surface area contributed by atoms with Crippen molar-refractivity contribution >= 4 is 50.4 Å². The molecule has 1 aromatic carbocycles. The molecule has 1 aromatic heterocycles. The van der Waals surface area contributed by atoms with Gasteiger partial charge in [-0.15, -0.1) is 0 Å². The number of aryl methyl sites for hydroxylation is 1. The Morgan fingerprint density at radius 3 is 2.94 bits per heavy atom. The van der Waals surface area contributed by atoms with E-state index in [0.29, 0.717) is 5.56 Å². The maximum absolute atomic E-state index is 12.0. The van der Waals surface area contributed by atoms with Crippen molar-refractivity contribution in [1.29, 1.82) is 0 Å². The molecule has 17 heavy (non-hydrogen) atoms. The van der Waals surface area contributed by atoms with Crippen LogP contribution in [-0.2, 0) is 0 Å². The van der Waals surface area contributed by atoms with Crippen LogP contribution in [0.1, 0.15) is 16.1 Å². The Morgan fingerprint density at radius 2 is 2.29 bits per heavy atom. The lowest BCUT2D eigenvalue weighted by Gasteiger charge is -2.04. The summed E-state index contributed by atoms with van der Waals surface area (Å²) in [6.07, 6.45) is 1.49. The molecule has 2 rings (SSSR count). The fourth-order valence-electron chi connectivity index (χ4n) is 1.25. The molecule has 0 aliphatic rings. The van der Waals surface area contributed by atoms with E-state index in [2.05, 4.69) is 48.8 Å². The van der Waals surface area contributed by atoms with Crippen molar-refractivity contribution in [2.75, 3.05) is 5.32 Å². The van der Waals surface area contributed by atoms with Gasteiger partial charge in [-0.05, 0) is 63.6 Å². The van der Waals surface area contributed by atoms with Crippen molar-refractivity contribution in [3.05, 3.63) is 43.8 Å². The number of halogens is 2. The number of oxazole rings is 1. The molecule has 4 nitrogen and oxygen atoms in total. The van der Waals surface area contributed by atoms with Gasteiger partial charge in [0.15, 0.2) is 0 Å². The number of rotatable bonds is 2. The van der Waals surface area contributed by atoms with Crippen LogP contribution in [0.5, 0.6) is 0 Å². The van der Waals surface area contributed by atoms with Crippen LogP contribution in [0.3, 0.4) is 0 Å². The Bertz CT molecular complexity index is 568. The molecule has 2 aromatic rings. The molecule has 0 bridgehead atoms. The van der Waals surface area contributed by atoms with Gasteiger partial charge in [0, 0.05) is 8.04 Å². The number of nitrogens with zero attached hydrogens (tertiary/aromatic N) is 1. The average molecular weight is 407 g/mol. The molecular formula is C11H8BrIN2O2. The Hall–Kier alpha value is -0.890. The largest absolute Gasteiger partial charge is 0.432 e. The van der Waals surface area contributed by atoms with E-state index in [1.165, 1.54) is 6.26 Å². The van der Waals surface area contributed by atoms with Gasteiger partial charge in [0.05, 0.1) is 11.3 Å². The van der Waals surface area contributed by atoms with Crippen molar-refractivity contribution in [3.63, 3.8) is 0 Å². The highest BCUT2D eigenvalue weighted by Crippen LogP contribution is 2.20. The van der Waals surface area contributed by atoms with E-state index in [0.717, 1.165) is 13.7 Å². The summed E-state index contributed by atoms with van der Waals surface area (Å²) in [4.78, 5) is 16.0. The number of anilines is 1. The van der Waals surface area contributed by atoms with Gasteiger partial charge in [0.25, 0.3) is 5.91 Å². The van der Waals surface area contributed by atoms with Gasteiger partial charge in [-0.25, -0.2) is 0 Å². The van der Waals surface area contributed by atoms with Gasteiger partial charge in [-0.3, -0.25) is 10.1 Å². The first-order valence-corrected chi connectivity index (χ1v) is 6.62. The van der Waals surface area contributed by atoms with E-state index in [1.54, 1.807) is 13.0 Å². The molecule has 0 saturated heterocycles. The predicted octanol–water partition coefficient (Wildman–Crippen LogP) is 3.60. The molecule has 0 saturated carbocycles. The minimum atomic E-state index is -0.253. The Labute approximate surface area is 120 Å². The fraction of sp³-hybridized carbons (Fsp3) is 0.0909. The lowest BCUT2D eigenvalue weighted by molar-refractivity contribution is 0.102. The van der Waals surface area contributed by atoms with E-state index < -0.39 is 0 Å². The summed E-state index contributed by atoms with van der Waals surface area (Å²) in [5.74, 6) is -0.253. The van der Waals surface area contributed by atoms with Crippen LogP contribution in [0, 0.1) is 10.5 Å². The highest BCUT2D eigenvalue weighted by Gasteiger charge is 2.13. The second kappa shape index (κ2) is 5.18. The monoisotopic (exact) mass is 406 g/mol. The van der Waals surface area contributed by atoms with Crippen LogP contribution in [0.25, 0.3) is 0 Å². The molecule has 0 aliphatic carbocycles. The zero-order valence-corrected chi connectivity index (χ0v) is 12.6. The lowest BCUT2D eigenvalue weighted by Crippen LogP contribution is -2.13. The van der Waals surface area contributed by atoms with Gasteiger partial charge in [0.2, 0.25) is 0 Å². The highest BCUT2D eigenvalue weighted by molar-refractivity contribution is 14.1. The third kappa shape index (κ3) is 3.06. The van der Waals surface area contributed by atoms with Crippen LogP contribution >= 0.6 is 38.5 Å². The summed E-state index contributed by atoms with van der Waals surface area (Å²) < 4.78 is 6.79. The lowest BCUT2D eigenvalue weighted by atomic mass is 10.2. The quantitative estimate of drug-likeness (QED) is 0.775. The predicted molar refractivity (Wildman–Crippen MR) is 76.1 cm³/mol. The van der Waals surface area contributed by atoms with Crippen molar-refractivity contribution in [2.24, 2.45) is 0 Å². The van der Waals surface area contributed by atoms with Crippen molar-refractivity contribution in [2.45, 2.75) is 6.92 Å². The topological polar surface area (TPSA) is 55.1 Å². The Kier molecular flexibility index (Phi) is 3.82. The molecule has 1 N–H and O–H groups in total. The van der Waals surface area contributed by atoms with Crippen LogP contribution in [0.2, 0.25) is 0 Å².